The van der Waals surface area contributed by atoms with Gasteiger partial charge in [-0.25, -0.2) is 23.4 Å². The van der Waals surface area contributed by atoms with Gasteiger partial charge in [0.05, 0.1) is 33.8 Å². The van der Waals surface area contributed by atoms with Gasteiger partial charge in [0.15, 0.2) is 9.84 Å². The lowest BCUT2D eigenvalue weighted by Gasteiger charge is -2.31. The van der Waals surface area contributed by atoms with Gasteiger partial charge in [-0.05, 0) is 36.5 Å². The molecule has 1 aliphatic rings. The maximum Gasteiger partial charge on any atom is 0.273 e. The Morgan fingerprint density at radius 1 is 1.10 bits per heavy atom. The molecule has 2 aromatic heterocycles. The van der Waals surface area contributed by atoms with Crippen molar-refractivity contribution in [2.24, 2.45) is 5.92 Å². The molecule has 1 aliphatic heterocycles. The Labute approximate surface area is 184 Å². The number of hydrogen-bond donors (Lipinski definition) is 0. The quantitative estimate of drug-likeness (QED) is 0.545. The van der Waals surface area contributed by atoms with Gasteiger partial charge in [0.2, 0.25) is 5.95 Å². The van der Waals surface area contributed by atoms with E-state index in [1.54, 1.807) is 42.9 Å². The Kier molecular flexibility index (Phi) is 6.21. The molecule has 0 saturated carbocycles. The Morgan fingerprint density at radius 3 is 2.40 bits per heavy atom. The molecule has 0 N–H and O–H groups in total. The Hall–Kier alpha value is -2.23. The monoisotopic (exact) mass is 464 g/mol. The van der Waals surface area contributed by atoms with E-state index in [-0.39, 0.29) is 0 Å². The van der Waals surface area contributed by atoms with Gasteiger partial charge in [-0.15, -0.1) is 0 Å². The highest BCUT2D eigenvalue weighted by Gasteiger charge is 2.22. The molecule has 3 aromatic rings. The van der Waals surface area contributed by atoms with Crippen LogP contribution < -0.4 is 9.64 Å². The zero-order valence-corrected chi connectivity index (χ0v) is 18.8. The predicted octanol–water partition coefficient (Wildman–Crippen LogP) is 3.95. The summed E-state index contributed by atoms with van der Waals surface area (Å²) >= 11 is 7.31. The number of sulfone groups is 1. The number of thiazole rings is 1. The molecule has 0 atom stereocenters. The summed E-state index contributed by atoms with van der Waals surface area (Å²) in [7, 11) is -3.20. The van der Waals surface area contributed by atoms with Crippen molar-refractivity contribution in [1.29, 1.82) is 0 Å². The molecule has 0 radical (unpaired) electrons. The number of piperidine rings is 1. The molecule has 0 aliphatic carbocycles. The van der Waals surface area contributed by atoms with Crippen LogP contribution in [0.4, 0.5) is 5.95 Å². The molecule has 30 heavy (non-hydrogen) atoms. The summed E-state index contributed by atoms with van der Waals surface area (Å²) < 4.78 is 29.1. The van der Waals surface area contributed by atoms with E-state index in [0.717, 1.165) is 36.4 Å². The standard InChI is InChI=1S/C20H21ClN4O3S2/c1-30(26,27)17-4-2-15(3-5-17)18-12-24-20(29-18)28-13-14-6-8-25(9-7-14)19-22-10-16(21)11-23-19/h2-5,10-12,14H,6-9,13H2,1H3. The van der Waals surface area contributed by atoms with Crippen LogP contribution >= 0.6 is 22.9 Å². The molecule has 7 nitrogen and oxygen atoms in total. The fraction of sp³-hybridized carbons (Fsp3) is 0.350. The second-order valence-electron chi connectivity index (χ2n) is 7.23. The molecular weight excluding hydrogens is 444 g/mol. The topological polar surface area (TPSA) is 85.3 Å². The molecule has 0 bridgehead atoms. The van der Waals surface area contributed by atoms with E-state index < -0.39 is 9.84 Å². The summed E-state index contributed by atoms with van der Waals surface area (Å²) in [4.78, 5) is 16.3. The minimum absolute atomic E-state index is 0.308. The first kappa shape index (κ1) is 21.0. The van der Waals surface area contributed by atoms with Gasteiger partial charge in [0.25, 0.3) is 5.19 Å². The van der Waals surface area contributed by atoms with E-state index in [9.17, 15) is 8.42 Å². The number of aromatic nitrogens is 3. The van der Waals surface area contributed by atoms with Gasteiger partial charge in [0, 0.05) is 25.5 Å². The SMILES string of the molecule is CS(=O)(=O)c1ccc(-c2cnc(OCC3CCN(c4ncc(Cl)cn4)CC3)s2)cc1. The summed E-state index contributed by atoms with van der Waals surface area (Å²) in [5.74, 6) is 1.17. The molecule has 4 rings (SSSR count). The third-order valence-electron chi connectivity index (χ3n) is 5.00. The fourth-order valence-electron chi connectivity index (χ4n) is 3.28. The zero-order valence-electron chi connectivity index (χ0n) is 16.4. The van der Waals surface area contributed by atoms with Gasteiger partial charge in [-0.2, -0.15) is 0 Å². The summed E-state index contributed by atoms with van der Waals surface area (Å²) in [6.07, 6.45) is 8.19. The zero-order chi connectivity index (χ0) is 21.1. The van der Waals surface area contributed by atoms with Crippen LogP contribution in [0.5, 0.6) is 5.19 Å². The van der Waals surface area contributed by atoms with E-state index in [4.69, 9.17) is 16.3 Å². The average molecular weight is 465 g/mol. The number of anilines is 1. The lowest BCUT2D eigenvalue weighted by molar-refractivity contribution is 0.221. The van der Waals surface area contributed by atoms with Crippen molar-refractivity contribution >= 4 is 38.7 Å². The van der Waals surface area contributed by atoms with Crippen molar-refractivity contribution in [1.82, 2.24) is 15.0 Å². The van der Waals surface area contributed by atoms with Gasteiger partial charge in [0.1, 0.15) is 0 Å². The van der Waals surface area contributed by atoms with Crippen molar-refractivity contribution in [3.8, 4) is 15.6 Å². The normalized spacial score (nSPS) is 15.3. The average Bonchev–Trinajstić information content (AvgIpc) is 3.22. The molecule has 10 heteroatoms. The summed E-state index contributed by atoms with van der Waals surface area (Å²) in [6.45, 7) is 2.38. The number of benzene rings is 1. The minimum atomic E-state index is -3.20. The Morgan fingerprint density at radius 2 is 1.77 bits per heavy atom. The third-order valence-corrected chi connectivity index (χ3v) is 7.28. The van der Waals surface area contributed by atoms with Crippen molar-refractivity contribution < 1.29 is 13.2 Å². The largest absolute Gasteiger partial charge is 0.470 e. The lowest BCUT2D eigenvalue weighted by Crippen LogP contribution is -2.36. The maximum atomic E-state index is 11.6. The molecule has 0 unspecified atom stereocenters. The molecule has 0 spiro atoms. The van der Waals surface area contributed by atoms with Crippen LogP contribution in [-0.4, -0.2) is 49.3 Å². The smallest absolute Gasteiger partial charge is 0.273 e. The Bertz CT molecular complexity index is 1090. The molecule has 158 valence electrons. The highest BCUT2D eigenvalue weighted by atomic mass is 35.5. The number of halogens is 1. The van der Waals surface area contributed by atoms with E-state index in [1.807, 2.05) is 0 Å². The fourth-order valence-corrected chi connectivity index (χ4v) is 4.79. The van der Waals surface area contributed by atoms with Crippen LogP contribution in [0, 0.1) is 5.92 Å². The number of hydrogen-bond acceptors (Lipinski definition) is 8. The summed E-state index contributed by atoms with van der Waals surface area (Å²) in [5.41, 5.74) is 0.922. The predicted molar refractivity (Wildman–Crippen MR) is 118 cm³/mol. The third kappa shape index (κ3) is 5.08. The van der Waals surface area contributed by atoms with E-state index in [2.05, 4.69) is 19.9 Å². The van der Waals surface area contributed by atoms with E-state index in [1.165, 1.54) is 17.6 Å². The number of ether oxygens (including phenoxy) is 1. The number of nitrogens with zero attached hydrogens (tertiary/aromatic N) is 4. The lowest BCUT2D eigenvalue weighted by atomic mass is 9.98. The first-order valence-corrected chi connectivity index (χ1v) is 12.6. The van der Waals surface area contributed by atoms with Crippen LogP contribution in [0.15, 0.2) is 47.8 Å². The van der Waals surface area contributed by atoms with Crippen LogP contribution in [0.1, 0.15) is 12.8 Å². The van der Waals surface area contributed by atoms with Crippen LogP contribution in [0.3, 0.4) is 0 Å². The molecule has 3 heterocycles. The van der Waals surface area contributed by atoms with Gasteiger partial charge < -0.3 is 9.64 Å². The van der Waals surface area contributed by atoms with Crippen LogP contribution in [0.2, 0.25) is 5.02 Å². The van der Waals surface area contributed by atoms with Gasteiger partial charge >= 0.3 is 0 Å². The second-order valence-corrected chi connectivity index (χ2v) is 10.7. The van der Waals surface area contributed by atoms with Crippen LogP contribution in [0.25, 0.3) is 10.4 Å². The molecule has 0 amide bonds. The van der Waals surface area contributed by atoms with Gasteiger partial charge in [-0.3, -0.25) is 0 Å². The maximum absolute atomic E-state index is 11.6. The first-order valence-electron chi connectivity index (χ1n) is 9.50. The van der Waals surface area contributed by atoms with Crippen molar-refractivity contribution in [2.45, 2.75) is 17.7 Å². The molecular formula is C20H21ClN4O3S2. The van der Waals surface area contributed by atoms with E-state index in [0.29, 0.717) is 33.6 Å². The minimum Gasteiger partial charge on any atom is -0.470 e. The first-order chi connectivity index (χ1) is 14.4. The van der Waals surface area contributed by atoms with Gasteiger partial charge in [-0.1, -0.05) is 35.1 Å². The Balaban J connectivity index is 1.29. The van der Waals surface area contributed by atoms with E-state index >= 15 is 0 Å². The number of rotatable bonds is 6. The van der Waals surface area contributed by atoms with Crippen molar-refractivity contribution in [3.63, 3.8) is 0 Å². The molecule has 1 saturated heterocycles. The summed E-state index contributed by atoms with van der Waals surface area (Å²) in [6, 6.07) is 6.82. The van der Waals surface area contributed by atoms with Crippen molar-refractivity contribution in [3.05, 3.63) is 47.9 Å². The molecule has 1 aromatic carbocycles. The highest BCUT2D eigenvalue weighted by molar-refractivity contribution is 7.90. The summed E-state index contributed by atoms with van der Waals surface area (Å²) in [5, 5.41) is 1.16. The second kappa shape index (κ2) is 8.87. The highest BCUT2D eigenvalue weighted by Crippen LogP contribution is 2.32. The molecule has 1 fully saturated rings. The van der Waals surface area contributed by atoms with Crippen molar-refractivity contribution in [2.75, 3.05) is 30.9 Å². The van der Waals surface area contributed by atoms with Crippen LogP contribution in [-0.2, 0) is 9.84 Å².